The lowest BCUT2D eigenvalue weighted by Crippen LogP contribution is -2.29. The van der Waals surface area contributed by atoms with Crippen LogP contribution in [0.15, 0.2) is 24.3 Å². The van der Waals surface area contributed by atoms with Gasteiger partial charge in [0, 0.05) is 19.4 Å². The van der Waals surface area contributed by atoms with Gasteiger partial charge in [0.15, 0.2) is 6.10 Å². The van der Waals surface area contributed by atoms with E-state index in [0.29, 0.717) is 6.42 Å². The topological polar surface area (TPSA) is 134 Å². The fraction of sp³-hybridized carbons (Fsp3) is 0.864. The quantitative estimate of drug-likeness (QED) is 0.0268. The number of unbranched alkanes of at least 4 members (excludes halogenated alkanes) is 25. The van der Waals surface area contributed by atoms with Crippen LogP contribution in [0.25, 0.3) is 0 Å². The first-order valence-electron chi connectivity index (χ1n) is 22.3. The molecule has 0 saturated heterocycles. The lowest BCUT2D eigenvalue weighted by atomic mass is 10.0. The largest absolute Gasteiger partial charge is 0.472 e. The molecule has 0 bridgehead atoms. The second-order valence-corrected chi connectivity index (χ2v) is 16.4. The molecule has 2 atom stereocenters. The van der Waals surface area contributed by atoms with Gasteiger partial charge in [-0.1, -0.05) is 179 Å². The van der Waals surface area contributed by atoms with Crippen molar-refractivity contribution in [3.8, 4) is 0 Å². The molecule has 3 N–H and O–H groups in total. The first-order chi connectivity index (χ1) is 26.3. The van der Waals surface area contributed by atoms with Gasteiger partial charge < -0.3 is 20.1 Å². The van der Waals surface area contributed by atoms with E-state index in [9.17, 15) is 19.0 Å². The van der Waals surface area contributed by atoms with E-state index < -0.39 is 26.5 Å². The van der Waals surface area contributed by atoms with E-state index in [1.165, 1.54) is 128 Å². The second-order valence-electron chi connectivity index (χ2n) is 14.9. The molecule has 0 rings (SSSR count). The van der Waals surface area contributed by atoms with Crippen LogP contribution >= 0.6 is 7.82 Å². The third kappa shape index (κ3) is 40.2. The number of carbonyl (C=O) groups is 2. The Kier molecular flexibility index (Phi) is 40.0. The smallest absolute Gasteiger partial charge is 0.462 e. The molecule has 0 saturated carbocycles. The van der Waals surface area contributed by atoms with Crippen LogP contribution in [0, 0.1) is 0 Å². The molecule has 318 valence electrons. The summed E-state index contributed by atoms with van der Waals surface area (Å²) in [7, 11) is -4.38. The van der Waals surface area contributed by atoms with Crippen molar-refractivity contribution in [2.24, 2.45) is 5.73 Å². The molecular formula is C44H84NO8P. The Morgan fingerprint density at radius 3 is 1.44 bits per heavy atom. The van der Waals surface area contributed by atoms with Crippen LogP contribution in [-0.2, 0) is 32.7 Å². The Morgan fingerprint density at radius 2 is 0.963 bits per heavy atom. The van der Waals surface area contributed by atoms with Crippen molar-refractivity contribution >= 4 is 19.8 Å². The maximum Gasteiger partial charge on any atom is 0.472 e. The highest BCUT2D eigenvalue weighted by Gasteiger charge is 2.26. The van der Waals surface area contributed by atoms with Crippen LogP contribution < -0.4 is 5.73 Å². The maximum absolute atomic E-state index is 12.6. The van der Waals surface area contributed by atoms with E-state index in [1.54, 1.807) is 0 Å². The Hall–Kier alpha value is -1.51. The first-order valence-corrected chi connectivity index (χ1v) is 23.8. The van der Waals surface area contributed by atoms with Gasteiger partial charge in [0.25, 0.3) is 0 Å². The summed E-state index contributed by atoms with van der Waals surface area (Å²) < 4.78 is 32.8. The summed E-state index contributed by atoms with van der Waals surface area (Å²) in [5.41, 5.74) is 5.35. The summed E-state index contributed by atoms with van der Waals surface area (Å²) >= 11 is 0. The fourth-order valence-corrected chi connectivity index (χ4v) is 7.02. The highest BCUT2D eigenvalue weighted by atomic mass is 31.2. The van der Waals surface area contributed by atoms with E-state index >= 15 is 0 Å². The molecule has 54 heavy (non-hydrogen) atoms. The van der Waals surface area contributed by atoms with Gasteiger partial charge in [-0.05, 0) is 44.9 Å². The third-order valence-corrected chi connectivity index (χ3v) is 10.6. The lowest BCUT2D eigenvalue weighted by Gasteiger charge is -2.19. The molecule has 0 aliphatic rings. The number of rotatable bonds is 42. The summed E-state index contributed by atoms with van der Waals surface area (Å²) in [6.07, 6.45) is 43.4. The minimum absolute atomic E-state index is 0.0536. The predicted octanol–water partition coefficient (Wildman–Crippen LogP) is 12.8. The zero-order valence-electron chi connectivity index (χ0n) is 35.0. The summed E-state index contributed by atoms with van der Waals surface area (Å²) in [4.78, 5) is 34.9. The van der Waals surface area contributed by atoms with E-state index in [-0.39, 0.29) is 38.6 Å². The predicted molar refractivity (Wildman–Crippen MR) is 224 cm³/mol. The number of allylic oxidation sites excluding steroid dienone is 4. The van der Waals surface area contributed by atoms with Crippen LogP contribution in [0.2, 0.25) is 0 Å². The molecule has 0 spiro atoms. The van der Waals surface area contributed by atoms with Crippen LogP contribution in [0.4, 0.5) is 0 Å². The van der Waals surface area contributed by atoms with E-state index in [2.05, 4.69) is 38.2 Å². The van der Waals surface area contributed by atoms with Crippen LogP contribution in [0.5, 0.6) is 0 Å². The number of phosphoric acid groups is 1. The van der Waals surface area contributed by atoms with Crippen LogP contribution in [-0.4, -0.2) is 49.3 Å². The van der Waals surface area contributed by atoms with E-state index in [4.69, 9.17) is 24.3 Å². The molecule has 0 aromatic rings. The standard InChI is InChI=1S/C44H84NO8P/c1-3-5-7-9-11-13-15-17-19-21-23-25-27-29-31-33-35-37-44(47)53-42(41-52-54(48,49)51-39-38-45)40-50-43(46)36-34-32-30-28-26-24-22-20-18-16-14-12-10-8-6-4-2/h11,13,17,19,42H,3-10,12,14-16,18,20-41,45H2,1-2H3,(H,48,49)/b13-11-,19-17-. The normalized spacial score (nSPS) is 13.5. The van der Waals surface area contributed by atoms with Gasteiger partial charge >= 0.3 is 19.8 Å². The highest BCUT2D eigenvalue weighted by molar-refractivity contribution is 7.47. The number of hydrogen-bond acceptors (Lipinski definition) is 8. The number of phosphoric ester groups is 1. The zero-order valence-corrected chi connectivity index (χ0v) is 35.9. The van der Waals surface area contributed by atoms with Gasteiger partial charge in [0.1, 0.15) is 6.61 Å². The van der Waals surface area contributed by atoms with E-state index in [0.717, 1.165) is 51.4 Å². The van der Waals surface area contributed by atoms with Crippen molar-refractivity contribution in [1.82, 2.24) is 0 Å². The van der Waals surface area contributed by atoms with Crippen LogP contribution in [0.1, 0.15) is 213 Å². The lowest BCUT2D eigenvalue weighted by molar-refractivity contribution is -0.161. The Balaban J connectivity index is 4.13. The van der Waals surface area contributed by atoms with Gasteiger partial charge in [0.05, 0.1) is 13.2 Å². The molecule has 0 fully saturated rings. The molecule has 0 aromatic heterocycles. The van der Waals surface area contributed by atoms with Crippen molar-refractivity contribution in [2.75, 3.05) is 26.4 Å². The molecule has 10 heteroatoms. The third-order valence-electron chi connectivity index (χ3n) is 9.59. The summed E-state index contributed by atoms with van der Waals surface area (Å²) in [6, 6.07) is 0. The zero-order chi connectivity index (χ0) is 39.6. The maximum atomic E-state index is 12.6. The number of ether oxygens (including phenoxy) is 2. The second kappa shape index (κ2) is 41.1. The Labute approximate surface area is 332 Å². The van der Waals surface area contributed by atoms with Crippen molar-refractivity contribution in [3.63, 3.8) is 0 Å². The SMILES string of the molecule is CCCCC/C=C\C/C=C\CCCCCCCCCC(=O)OC(COC(=O)CCCCCCCCCCCCCCCCCC)COP(=O)(O)OCCN. The minimum Gasteiger partial charge on any atom is -0.462 e. The highest BCUT2D eigenvalue weighted by Crippen LogP contribution is 2.43. The molecule has 0 aromatic carbocycles. The average Bonchev–Trinajstić information content (AvgIpc) is 3.16. The molecule has 0 heterocycles. The van der Waals surface area contributed by atoms with Gasteiger partial charge in [-0.25, -0.2) is 4.57 Å². The molecular weight excluding hydrogens is 701 g/mol. The molecule has 0 aliphatic heterocycles. The Bertz CT molecular complexity index is 944. The molecule has 0 aliphatic carbocycles. The number of carbonyl (C=O) groups excluding carboxylic acids is 2. The van der Waals surface area contributed by atoms with Gasteiger partial charge in [0.2, 0.25) is 0 Å². The van der Waals surface area contributed by atoms with Gasteiger partial charge in [-0.15, -0.1) is 0 Å². The first kappa shape index (κ1) is 52.5. The minimum atomic E-state index is -4.38. The fourth-order valence-electron chi connectivity index (χ4n) is 6.25. The average molecular weight is 786 g/mol. The van der Waals surface area contributed by atoms with Gasteiger partial charge in [-0.3, -0.25) is 18.6 Å². The van der Waals surface area contributed by atoms with E-state index in [1.807, 2.05) is 0 Å². The van der Waals surface area contributed by atoms with Crippen molar-refractivity contribution in [3.05, 3.63) is 24.3 Å². The van der Waals surface area contributed by atoms with Crippen molar-refractivity contribution < 1.29 is 37.6 Å². The summed E-state index contributed by atoms with van der Waals surface area (Å²) in [6.45, 7) is 3.72. The van der Waals surface area contributed by atoms with Gasteiger partial charge in [-0.2, -0.15) is 0 Å². The van der Waals surface area contributed by atoms with Crippen molar-refractivity contribution in [2.45, 2.75) is 219 Å². The van der Waals surface area contributed by atoms with Crippen LogP contribution in [0.3, 0.4) is 0 Å². The van der Waals surface area contributed by atoms with Crippen molar-refractivity contribution in [1.29, 1.82) is 0 Å². The molecule has 0 radical (unpaired) electrons. The molecule has 2 unspecified atom stereocenters. The number of esters is 2. The number of hydrogen-bond donors (Lipinski definition) is 2. The summed E-state index contributed by atoms with van der Waals surface area (Å²) in [5.74, 6) is -0.829. The number of nitrogens with two attached hydrogens (primary N) is 1. The molecule has 0 amide bonds. The molecule has 9 nitrogen and oxygen atoms in total. The summed E-state index contributed by atoms with van der Waals surface area (Å²) in [5, 5.41) is 0. The monoisotopic (exact) mass is 786 g/mol. The Morgan fingerprint density at radius 1 is 0.556 bits per heavy atom.